The minimum absolute atomic E-state index is 0. The van der Waals surface area contributed by atoms with Crippen molar-refractivity contribution < 1.29 is 18.7 Å². The average Bonchev–Trinajstić information content (AvgIpc) is 2.73. The molecule has 0 aliphatic carbocycles. The molecule has 8 heteroatoms. The third-order valence-corrected chi connectivity index (χ3v) is 5.21. The van der Waals surface area contributed by atoms with Crippen LogP contribution in [0.5, 0.6) is 0 Å². The Kier molecular flexibility index (Phi) is 8.77. The summed E-state index contributed by atoms with van der Waals surface area (Å²) < 4.78 is 18.3. The molecule has 162 valence electrons. The van der Waals surface area contributed by atoms with Crippen molar-refractivity contribution >= 4 is 29.9 Å². The normalized spacial score (nSPS) is 15.0. The molecule has 30 heavy (non-hydrogen) atoms. The Balaban J connectivity index is 0.00000320. The van der Waals surface area contributed by atoms with Crippen molar-refractivity contribution in [2.24, 2.45) is 5.41 Å². The van der Waals surface area contributed by atoms with E-state index in [1.165, 1.54) is 24.3 Å². The highest BCUT2D eigenvalue weighted by Gasteiger charge is 2.39. The molecule has 1 fully saturated rings. The number of hydrogen-bond donors (Lipinski definition) is 3. The smallest absolute Gasteiger partial charge is 0.255 e. The molecular formula is C22H27ClFN3O3. The summed E-state index contributed by atoms with van der Waals surface area (Å²) in [6.07, 6.45) is 1.47. The second-order valence-electron chi connectivity index (χ2n) is 7.31. The quantitative estimate of drug-likeness (QED) is 0.624. The van der Waals surface area contributed by atoms with Crippen LogP contribution in [0, 0.1) is 11.2 Å². The predicted molar refractivity (Wildman–Crippen MR) is 116 cm³/mol. The Morgan fingerprint density at radius 3 is 2.50 bits per heavy atom. The molecule has 0 saturated carbocycles. The summed E-state index contributed by atoms with van der Waals surface area (Å²) in [4.78, 5) is 25.1. The third-order valence-electron chi connectivity index (χ3n) is 5.21. The van der Waals surface area contributed by atoms with E-state index in [1.807, 2.05) is 18.2 Å². The molecule has 1 aliphatic rings. The largest absolute Gasteiger partial charge is 0.384 e. The fraction of sp³-hybridized carbons (Fsp3) is 0.364. The molecule has 2 aromatic rings. The number of ether oxygens (including phenoxy) is 1. The van der Waals surface area contributed by atoms with E-state index in [-0.39, 0.29) is 30.0 Å². The van der Waals surface area contributed by atoms with Crippen LogP contribution in [-0.4, -0.2) is 38.6 Å². The molecule has 0 atom stereocenters. The van der Waals surface area contributed by atoms with Gasteiger partial charge in [0.2, 0.25) is 5.91 Å². The first-order valence-corrected chi connectivity index (χ1v) is 9.66. The van der Waals surface area contributed by atoms with Gasteiger partial charge in [-0.2, -0.15) is 0 Å². The number of rotatable bonds is 7. The molecule has 1 saturated heterocycles. The lowest BCUT2D eigenvalue weighted by Gasteiger charge is -2.35. The van der Waals surface area contributed by atoms with Gasteiger partial charge >= 0.3 is 0 Å². The van der Waals surface area contributed by atoms with Crippen LogP contribution in [0.15, 0.2) is 48.5 Å². The number of piperidine rings is 1. The van der Waals surface area contributed by atoms with E-state index in [2.05, 4.69) is 16.0 Å². The van der Waals surface area contributed by atoms with Crippen molar-refractivity contribution in [3.8, 4) is 0 Å². The highest BCUT2D eigenvalue weighted by atomic mass is 35.5. The van der Waals surface area contributed by atoms with Gasteiger partial charge in [0.25, 0.3) is 5.91 Å². The van der Waals surface area contributed by atoms with Gasteiger partial charge < -0.3 is 20.7 Å². The molecule has 0 bridgehead atoms. The number of carbonyl (C=O) groups is 2. The fourth-order valence-corrected chi connectivity index (χ4v) is 3.55. The zero-order valence-electron chi connectivity index (χ0n) is 16.9. The zero-order valence-corrected chi connectivity index (χ0v) is 17.7. The van der Waals surface area contributed by atoms with E-state index < -0.39 is 5.41 Å². The van der Waals surface area contributed by atoms with Crippen LogP contribution < -0.4 is 16.0 Å². The van der Waals surface area contributed by atoms with Gasteiger partial charge in [0.1, 0.15) is 5.82 Å². The van der Waals surface area contributed by atoms with Crippen LogP contribution in [0.1, 0.15) is 28.8 Å². The zero-order chi connectivity index (χ0) is 20.7. The number of hydrogen-bond acceptors (Lipinski definition) is 4. The number of methoxy groups -OCH3 is 1. The lowest BCUT2D eigenvalue weighted by Crippen LogP contribution is -2.49. The van der Waals surface area contributed by atoms with E-state index in [0.29, 0.717) is 24.4 Å². The summed E-state index contributed by atoms with van der Waals surface area (Å²) in [6, 6.07) is 12.6. The Hall–Kier alpha value is -2.48. The average molecular weight is 436 g/mol. The van der Waals surface area contributed by atoms with Gasteiger partial charge in [-0.05, 0) is 67.9 Å². The van der Waals surface area contributed by atoms with Crippen LogP contribution in [0.3, 0.4) is 0 Å². The molecule has 3 rings (SSSR count). The van der Waals surface area contributed by atoms with Gasteiger partial charge in [0.15, 0.2) is 0 Å². The van der Waals surface area contributed by atoms with E-state index in [9.17, 15) is 14.0 Å². The molecule has 0 radical (unpaired) electrons. The molecule has 0 spiro atoms. The number of carbonyl (C=O) groups excluding carboxylic acids is 2. The van der Waals surface area contributed by atoms with Gasteiger partial charge in [-0.15, -0.1) is 12.4 Å². The summed E-state index contributed by atoms with van der Waals surface area (Å²) in [5.74, 6) is -0.721. The fourth-order valence-electron chi connectivity index (χ4n) is 3.55. The molecule has 2 amide bonds. The van der Waals surface area contributed by atoms with E-state index >= 15 is 0 Å². The van der Waals surface area contributed by atoms with Crippen LogP contribution in [0.4, 0.5) is 10.1 Å². The second kappa shape index (κ2) is 11.1. The Morgan fingerprint density at radius 1 is 1.13 bits per heavy atom. The summed E-state index contributed by atoms with van der Waals surface area (Å²) in [5.41, 5.74) is 1.35. The molecule has 0 aromatic heterocycles. The predicted octanol–water partition coefficient (Wildman–Crippen LogP) is 3.13. The highest BCUT2D eigenvalue weighted by Crippen LogP contribution is 2.29. The molecule has 6 nitrogen and oxygen atoms in total. The second-order valence-corrected chi connectivity index (χ2v) is 7.31. The Morgan fingerprint density at radius 2 is 1.83 bits per heavy atom. The van der Waals surface area contributed by atoms with E-state index in [1.54, 1.807) is 13.2 Å². The van der Waals surface area contributed by atoms with Crippen LogP contribution in [-0.2, 0) is 16.1 Å². The Labute approximate surface area is 182 Å². The number of anilines is 1. The van der Waals surface area contributed by atoms with Crippen LogP contribution in [0.2, 0.25) is 0 Å². The minimum Gasteiger partial charge on any atom is -0.384 e. The standard InChI is InChI=1S/C22H26FN3O3.ClH/c1-29-15-22(9-11-24-12-10-22)21(28)25-14-16-3-2-4-19(13-16)26-20(27)17-5-7-18(23)8-6-17;/h2-8,13,24H,9-12,14-15H2,1H3,(H,25,28)(H,26,27);1H. The van der Waals surface area contributed by atoms with Crippen molar-refractivity contribution in [3.05, 3.63) is 65.5 Å². The van der Waals surface area contributed by atoms with Crippen molar-refractivity contribution in [1.82, 2.24) is 10.6 Å². The number of benzene rings is 2. The summed E-state index contributed by atoms with van der Waals surface area (Å²) in [5, 5.41) is 9.08. The number of halogens is 2. The number of amides is 2. The maximum atomic E-state index is 13.0. The molecule has 0 unspecified atom stereocenters. The maximum absolute atomic E-state index is 13.0. The first-order chi connectivity index (χ1) is 14.0. The van der Waals surface area contributed by atoms with Crippen molar-refractivity contribution in [1.29, 1.82) is 0 Å². The van der Waals surface area contributed by atoms with Crippen molar-refractivity contribution in [2.75, 3.05) is 32.1 Å². The minimum atomic E-state index is -0.506. The van der Waals surface area contributed by atoms with Crippen molar-refractivity contribution in [2.45, 2.75) is 19.4 Å². The van der Waals surface area contributed by atoms with E-state index in [4.69, 9.17) is 4.74 Å². The summed E-state index contributed by atoms with van der Waals surface area (Å²) in [6.45, 7) is 2.34. The SMILES string of the molecule is COCC1(C(=O)NCc2cccc(NC(=O)c3ccc(F)cc3)c2)CCNCC1.Cl. The maximum Gasteiger partial charge on any atom is 0.255 e. The first-order valence-electron chi connectivity index (χ1n) is 9.66. The summed E-state index contributed by atoms with van der Waals surface area (Å²) >= 11 is 0. The monoisotopic (exact) mass is 435 g/mol. The van der Waals surface area contributed by atoms with Gasteiger partial charge in [-0.3, -0.25) is 9.59 Å². The van der Waals surface area contributed by atoms with Gasteiger partial charge in [0, 0.05) is 24.9 Å². The molecule has 1 heterocycles. The molecule has 1 aliphatic heterocycles. The topological polar surface area (TPSA) is 79.5 Å². The molecule has 3 N–H and O–H groups in total. The van der Waals surface area contributed by atoms with Gasteiger partial charge in [-0.1, -0.05) is 12.1 Å². The summed E-state index contributed by atoms with van der Waals surface area (Å²) in [7, 11) is 1.62. The van der Waals surface area contributed by atoms with E-state index in [0.717, 1.165) is 31.5 Å². The Bertz CT molecular complexity index is 849. The first kappa shape index (κ1) is 23.8. The lowest BCUT2D eigenvalue weighted by atomic mass is 9.78. The third kappa shape index (κ3) is 6.01. The van der Waals surface area contributed by atoms with Gasteiger partial charge in [-0.25, -0.2) is 4.39 Å². The lowest BCUT2D eigenvalue weighted by molar-refractivity contribution is -0.136. The van der Waals surface area contributed by atoms with Crippen molar-refractivity contribution in [3.63, 3.8) is 0 Å². The van der Waals surface area contributed by atoms with Crippen LogP contribution >= 0.6 is 12.4 Å². The highest BCUT2D eigenvalue weighted by molar-refractivity contribution is 6.04. The number of nitrogens with one attached hydrogen (secondary N) is 3. The van der Waals surface area contributed by atoms with Crippen LogP contribution in [0.25, 0.3) is 0 Å². The molecular weight excluding hydrogens is 409 g/mol. The van der Waals surface area contributed by atoms with Gasteiger partial charge in [0.05, 0.1) is 12.0 Å². The molecule has 2 aromatic carbocycles.